The van der Waals surface area contributed by atoms with E-state index in [1.165, 1.54) is 36.9 Å². The van der Waals surface area contributed by atoms with Crippen molar-refractivity contribution in [3.63, 3.8) is 0 Å². The quantitative estimate of drug-likeness (QED) is 0.671. The van der Waals surface area contributed by atoms with E-state index in [2.05, 4.69) is 21.8 Å². The molecule has 1 atom stereocenters. The van der Waals surface area contributed by atoms with Crippen molar-refractivity contribution in [1.82, 2.24) is 24.9 Å². The summed E-state index contributed by atoms with van der Waals surface area (Å²) in [5.74, 6) is 0.0885. The van der Waals surface area contributed by atoms with Crippen LogP contribution >= 0.6 is 0 Å². The number of rotatable bonds is 7. The van der Waals surface area contributed by atoms with Gasteiger partial charge in [0.05, 0.1) is 26.4 Å². The van der Waals surface area contributed by atoms with Crippen molar-refractivity contribution in [3.8, 4) is 0 Å². The first-order valence-electron chi connectivity index (χ1n) is 13.2. The Balaban J connectivity index is 1.30. The first-order chi connectivity index (χ1) is 16.2. The van der Waals surface area contributed by atoms with Crippen molar-refractivity contribution in [3.05, 3.63) is 17.0 Å². The van der Waals surface area contributed by atoms with Crippen LogP contribution in [0, 0.1) is 0 Å². The standard InChI is InChI=1S/C25H41N5O3/c1-2-9-30-22-6-5-20(18-21(22)23(27-30)24(31)28-10-14-32-15-11-28)26-19-25(7-3-4-8-25)29-12-16-33-17-13-29/h20,26H,2-19H2,1H3/t20-/m1/s1. The number of morpholine rings is 2. The number of amides is 1. The molecule has 1 N–H and O–H groups in total. The van der Waals surface area contributed by atoms with Crippen molar-refractivity contribution in [2.24, 2.45) is 0 Å². The fourth-order valence-electron chi connectivity index (χ4n) is 6.36. The fraction of sp³-hybridized carbons (Fsp3) is 0.840. The summed E-state index contributed by atoms with van der Waals surface area (Å²) < 4.78 is 13.2. The normalized spacial score (nSPS) is 25.8. The molecule has 1 aromatic heterocycles. The molecule has 4 aliphatic rings. The summed E-state index contributed by atoms with van der Waals surface area (Å²) in [5.41, 5.74) is 3.45. The number of nitrogens with one attached hydrogen (secondary N) is 1. The second-order valence-electron chi connectivity index (χ2n) is 10.3. The van der Waals surface area contributed by atoms with Crippen LogP contribution < -0.4 is 5.32 Å². The monoisotopic (exact) mass is 459 g/mol. The van der Waals surface area contributed by atoms with Gasteiger partial charge in [0.1, 0.15) is 0 Å². The maximum Gasteiger partial charge on any atom is 0.274 e. The summed E-state index contributed by atoms with van der Waals surface area (Å²) in [7, 11) is 0. The lowest BCUT2D eigenvalue weighted by molar-refractivity contribution is -0.0213. The van der Waals surface area contributed by atoms with Crippen molar-refractivity contribution in [1.29, 1.82) is 0 Å². The number of nitrogens with zero attached hydrogens (tertiary/aromatic N) is 4. The van der Waals surface area contributed by atoms with Crippen LogP contribution in [0.4, 0.5) is 0 Å². The molecule has 1 amide bonds. The number of carbonyl (C=O) groups is 1. The van der Waals surface area contributed by atoms with Crippen LogP contribution in [0.3, 0.4) is 0 Å². The average molecular weight is 460 g/mol. The molecule has 184 valence electrons. The molecule has 1 saturated carbocycles. The third-order valence-electron chi connectivity index (χ3n) is 8.22. The summed E-state index contributed by atoms with van der Waals surface area (Å²) in [5, 5.41) is 8.82. The molecule has 3 heterocycles. The predicted molar refractivity (Wildman–Crippen MR) is 127 cm³/mol. The van der Waals surface area contributed by atoms with Gasteiger partial charge >= 0.3 is 0 Å². The number of fused-ring (bicyclic) bond motifs is 1. The Morgan fingerprint density at radius 3 is 2.48 bits per heavy atom. The zero-order valence-electron chi connectivity index (χ0n) is 20.3. The first kappa shape index (κ1) is 23.3. The number of carbonyl (C=O) groups excluding carboxylic acids is 1. The summed E-state index contributed by atoms with van der Waals surface area (Å²) in [4.78, 5) is 18.0. The van der Waals surface area contributed by atoms with E-state index in [1.807, 2.05) is 4.90 Å². The van der Waals surface area contributed by atoms with Crippen LogP contribution in [-0.2, 0) is 28.9 Å². The minimum atomic E-state index is 0.0885. The van der Waals surface area contributed by atoms with E-state index < -0.39 is 0 Å². The van der Waals surface area contributed by atoms with Crippen molar-refractivity contribution in [2.45, 2.75) is 76.4 Å². The second-order valence-corrected chi connectivity index (χ2v) is 10.3. The van der Waals surface area contributed by atoms with Crippen molar-refractivity contribution in [2.75, 3.05) is 59.2 Å². The highest BCUT2D eigenvalue weighted by Crippen LogP contribution is 2.36. The molecule has 2 aliphatic heterocycles. The van der Waals surface area contributed by atoms with E-state index in [0.29, 0.717) is 38.0 Å². The van der Waals surface area contributed by atoms with Gasteiger partial charge in [0.15, 0.2) is 5.69 Å². The van der Waals surface area contributed by atoms with Crippen LogP contribution in [0.5, 0.6) is 0 Å². The average Bonchev–Trinajstić information content (AvgIpc) is 3.49. The summed E-state index contributed by atoms with van der Waals surface area (Å²) in [6.07, 6.45) is 9.28. The van der Waals surface area contributed by atoms with Crippen LogP contribution in [0.25, 0.3) is 0 Å². The fourth-order valence-corrected chi connectivity index (χ4v) is 6.36. The van der Waals surface area contributed by atoms with Gasteiger partial charge in [0.25, 0.3) is 5.91 Å². The molecule has 8 heteroatoms. The summed E-state index contributed by atoms with van der Waals surface area (Å²) in [6.45, 7) is 10.5. The van der Waals surface area contributed by atoms with Gasteiger partial charge in [-0.15, -0.1) is 0 Å². The smallest absolute Gasteiger partial charge is 0.274 e. The molecule has 5 rings (SSSR count). The maximum atomic E-state index is 13.4. The third kappa shape index (κ3) is 4.85. The Labute approximate surface area is 198 Å². The molecule has 1 aromatic rings. The van der Waals surface area contributed by atoms with Crippen molar-refractivity contribution >= 4 is 5.91 Å². The molecule has 2 saturated heterocycles. The molecule has 0 aromatic carbocycles. The third-order valence-corrected chi connectivity index (χ3v) is 8.22. The topological polar surface area (TPSA) is 71.9 Å². The highest BCUT2D eigenvalue weighted by Gasteiger charge is 2.41. The molecule has 0 radical (unpaired) electrons. The number of aryl methyl sites for hydroxylation is 1. The second kappa shape index (κ2) is 10.4. The van der Waals surface area contributed by atoms with Crippen LogP contribution in [0.1, 0.15) is 67.2 Å². The summed E-state index contributed by atoms with van der Waals surface area (Å²) >= 11 is 0. The van der Waals surface area contributed by atoms with Gasteiger partial charge in [-0.05, 0) is 38.5 Å². The minimum Gasteiger partial charge on any atom is -0.379 e. The molecule has 0 unspecified atom stereocenters. The van der Waals surface area contributed by atoms with Gasteiger partial charge in [-0.1, -0.05) is 19.8 Å². The predicted octanol–water partition coefficient (Wildman–Crippen LogP) is 1.86. The van der Waals surface area contributed by atoms with Crippen LogP contribution in [0.2, 0.25) is 0 Å². The van der Waals surface area contributed by atoms with E-state index in [9.17, 15) is 4.79 Å². The largest absolute Gasteiger partial charge is 0.379 e. The van der Waals surface area contributed by atoms with E-state index in [1.54, 1.807) is 0 Å². The van der Waals surface area contributed by atoms with E-state index >= 15 is 0 Å². The molecule has 0 spiro atoms. The zero-order chi connectivity index (χ0) is 22.7. The van der Waals surface area contributed by atoms with Gasteiger partial charge in [-0.2, -0.15) is 5.10 Å². The lowest BCUT2D eigenvalue weighted by Gasteiger charge is -2.44. The van der Waals surface area contributed by atoms with E-state index in [-0.39, 0.29) is 11.4 Å². The van der Waals surface area contributed by atoms with Crippen LogP contribution in [-0.4, -0.2) is 96.2 Å². The lowest BCUT2D eigenvalue weighted by Crippen LogP contribution is -2.58. The number of hydrogen-bond donors (Lipinski definition) is 1. The van der Waals surface area contributed by atoms with Crippen molar-refractivity contribution < 1.29 is 14.3 Å². The van der Waals surface area contributed by atoms with Gasteiger partial charge in [-0.25, -0.2) is 0 Å². The highest BCUT2D eigenvalue weighted by molar-refractivity contribution is 5.94. The maximum absolute atomic E-state index is 13.4. The molecular formula is C25H41N5O3. The number of ether oxygens (including phenoxy) is 2. The SMILES string of the molecule is CCCn1nc(C(=O)N2CCOCC2)c2c1CC[C@@H](NCC1(N3CCOCC3)CCCC1)C2. The Kier molecular flexibility index (Phi) is 7.35. The highest BCUT2D eigenvalue weighted by atomic mass is 16.5. The summed E-state index contributed by atoms with van der Waals surface area (Å²) in [6, 6.07) is 0.409. The van der Waals surface area contributed by atoms with Gasteiger partial charge in [0, 0.05) is 62.1 Å². The van der Waals surface area contributed by atoms with Gasteiger partial charge in [0.2, 0.25) is 0 Å². The minimum absolute atomic E-state index is 0.0885. The first-order valence-corrected chi connectivity index (χ1v) is 13.2. The van der Waals surface area contributed by atoms with Gasteiger partial charge < -0.3 is 19.7 Å². The number of aromatic nitrogens is 2. The molecular weight excluding hydrogens is 418 g/mol. The zero-order valence-corrected chi connectivity index (χ0v) is 20.3. The van der Waals surface area contributed by atoms with Gasteiger partial charge in [-0.3, -0.25) is 14.4 Å². The Morgan fingerprint density at radius 1 is 1.09 bits per heavy atom. The van der Waals surface area contributed by atoms with E-state index in [4.69, 9.17) is 14.6 Å². The molecule has 3 fully saturated rings. The van der Waals surface area contributed by atoms with E-state index in [0.717, 1.165) is 65.1 Å². The Morgan fingerprint density at radius 2 is 1.79 bits per heavy atom. The Hall–Kier alpha value is -1.48. The molecule has 8 nitrogen and oxygen atoms in total. The lowest BCUT2D eigenvalue weighted by atomic mass is 9.89. The number of hydrogen-bond acceptors (Lipinski definition) is 6. The molecule has 33 heavy (non-hydrogen) atoms. The molecule has 2 aliphatic carbocycles. The van der Waals surface area contributed by atoms with Crippen LogP contribution in [0.15, 0.2) is 0 Å². The molecule has 0 bridgehead atoms. The Bertz CT molecular complexity index is 807.